The van der Waals surface area contributed by atoms with Gasteiger partial charge in [0, 0.05) is 5.41 Å². The summed E-state index contributed by atoms with van der Waals surface area (Å²) in [5.41, 5.74) is 11.0. The Bertz CT molecular complexity index is 1150. The molecule has 0 saturated heterocycles. The lowest BCUT2D eigenvalue weighted by Gasteiger charge is -2.22. The van der Waals surface area contributed by atoms with Crippen molar-refractivity contribution >= 4 is 0 Å². The van der Waals surface area contributed by atoms with Gasteiger partial charge in [0.1, 0.15) is 0 Å². The molecule has 0 atom stereocenters. The highest BCUT2D eigenvalue weighted by Crippen LogP contribution is 2.48. The Morgan fingerprint density at radius 3 is 2.07 bits per heavy atom. The van der Waals surface area contributed by atoms with E-state index in [0.717, 1.165) is 6.42 Å². The standard InChI is InChI=1S/C28H24/c1-28(2)26-14-7-6-13-24(26)25-16-15-21(19-27(25)28)17-20-9-8-12-23(18-20)22-10-4-3-5-11-22/h3-16,18-19H,17H2,1-2H3. The van der Waals surface area contributed by atoms with Crippen LogP contribution in [-0.2, 0) is 11.8 Å². The molecule has 136 valence electrons. The third kappa shape index (κ3) is 2.77. The topological polar surface area (TPSA) is 0 Å². The molecule has 0 N–H and O–H groups in total. The van der Waals surface area contributed by atoms with E-state index in [4.69, 9.17) is 0 Å². The average molecular weight is 361 g/mol. The van der Waals surface area contributed by atoms with Crippen molar-refractivity contribution in [2.24, 2.45) is 0 Å². The van der Waals surface area contributed by atoms with Gasteiger partial charge in [-0.1, -0.05) is 111 Å². The Morgan fingerprint density at radius 1 is 0.536 bits per heavy atom. The average Bonchev–Trinajstić information content (AvgIpc) is 2.96. The summed E-state index contributed by atoms with van der Waals surface area (Å²) in [6, 6.07) is 35.4. The Morgan fingerprint density at radius 2 is 1.21 bits per heavy atom. The normalized spacial score (nSPS) is 13.8. The molecule has 5 rings (SSSR count). The summed E-state index contributed by atoms with van der Waals surface area (Å²) in [6.07, 6.45) is 0.959. The van der Waals surface area contributed by atoms with Crippen LogP contribution in [0, 0.1) is 0 Å². The summed E-state index contributed by atoms with van der Waals surface area (Å²) < 4.78 is 0. The molecule has 0 spiro atoms. The molecule has 0 radical (unpaired) electrons. The maximum Gasteiger partial charge on any atom is 0.0158 e. The second-order valence-electron chi connectivity index (χ2n) is 8.29. The van der Waals surface area contributed by atoms with Gasteiger partial charge >= 0.3 is 0 Å². The molecule has 4 aromatic carbocycles. The SMILES string of the molecule is CC1(C)c2ccccc2-c2ccc(Cc3cccc(-c4ccccc4)c3)cc21. The largest absolute Gasteiger partial charge is 0.0622 e. The zero-order valence-corrected chi connectivity index (χ0v) is 16.4. The molecule has 0 fully saturated rings. The molecule has 0 nitrogen and oxygen atoms in total. The van der Waals surface area contributed by atoms with Crippen molar-refractivity contribution in [3.8, 4) is 22.3 Å². The number of hydrogen-bond acceptors (Lipinski definition) is 0. The van der Waals surface area contributed by atoms with Crippen molar-refractivity contribution in [1.82, 2.24) is 0 Å². The third-order valence-electron chi connectivity index (χ3n) is 6.09. The van der Waals surface area contributed by atoms with Gasteiger partial charge in [-0.3, -0.25) is 0 Å². The number of benzene rings is 4. The van der Waals surface area contributed by atoms with Crippen LogP contribution in [0.2, 0.25) is 0 Å². The lowest BCUT2D eigenvalue weighted by atomic mass is 9.81. The van der Waals surface area contributed by atoms with E-state index in [9.17, 15) is 0 Å². The lowest BCUT2D eigenvalue weighted by Crippen LogP contribution is -2.15. The van der Waals surface area contributed by atoms with Gasteiger partial charge < -0.3 is 0 Å². The quantitative estimate of drug-likeness (QED) is 0.361. The van der Waals surface area contributed by atoms with Crippen LogP contribution < -0.4 is 0 Å². The molecule has 1 aliphatic rings. The number of fused-ring (bicyclic) bond motifs is 3. The van der Waals surface area contributed by atoms with Crippen molar-refractivity contribution in [3.63, 3.8) is 0 Å². The maximum absolute atomic E-state index is 2.42. The second-order valence-corrected chi connectivity index (χ2v) is 8.29. The molecule has 0 amide bonds. The smallest absolute Gasteiger partial charge is 0.0158 e. The van der Waals surface area contributed by atoms with E-state index in [1.807, 2.05) is 0 Å². The highest BCUT2D eigenvalue weighted by Gasteiger charge is 2.34. The van der Waals surface area contributed by atoms with E-state index in [1.54, 1.807) is 0 Å². The van der Waals surface area contributed by atoms with Gasteiger partial charge in [-0.25, -0.2) is 0 Å². The summed E-state index contributed by atoms with van der Waals surface area (Å²) >= 11 is 0. The summed E-state index contributed by atoms with van der Waals surface area (Å²) in [5, 5.41) is 0. The fraction of sp³-hybridized carbons (Fsp3) is 0.143. The van der Waals surface area contributed by atoms with E-state index in [-0.39, 0.29) is 5.41 Å². The third-order valence-corrected chi connectivity index (χ3v) is 6.09. The van der Waals surface area contributed by atoms with E-state index >= 15 is 0 Å². The van der Waals surface area contributed by atoms with Crippen molar-refractivity contribution in [2.75, 3.05) is 0 Å². The molecule has 0 bridgehead atoms. The summed E-state index contributed by atoms with van der Waals surface area (Å²) in [7, 11) is 0. The van der Waals surface area contributed by atoms with Crippen LogP contribution in [0.15, 0.2) is 97.1 Å². The lowest BCUT2D eigenvalue weighted by molar-refractivity contribution is 0.659. The molecule has 0 heteroatoms. The van der Waals surface area contributed by atoms with Crippen LogP contribution >= 0.6 is 0 Å². The Labute approximate surface area is 167 Å². The van der Waals surface area contributed by atoms with Gasteiger partial charge in [-0.15, -0.1) is 0 Å². The van der Waals surface area contributed by atoms with E-state index in [0.29, 0.717) is 0 Å². The van der Waals surface area contributed by atoms with Crippen LogP contribution in [0.5, 0.6) is 0 Å². The predicted octanol–water partition coefficient (Wildman–Crippen LogP) is 7.25. The Kier molecular flexibility index (Phi) is 3.94. The van der Waals surface area contributed by atoms with Gasteiger partial charge in [0.05, 0.1) is 0 Å². The zero-order chi connectivity index (χ0) is 19.1. The second kappa shape index (κ2) is 6.49. The van der Waals surface area contributed by atoms with E-state index in [2.05, 4.69) is 111 Å². The van der Waals surface area contributed by atoms with Crippen molar-refractivity contribution in [3.05, 3.63) is 119 Å². The van der Waals surface area contributed by atoms with Gasteiger partial charge in [0.25, 0.3) is 0 Å². The fourth-order valence-electron chi connectivity index (χ4n) is 4.59. The van der Waals surface area contributed by atoms with Crippen molar-refractivity contribution < 1.29 is 0 Å². The minimum atomic E-state index is 0.0633. The molecular formula is C28H24. The van der Waals surface area contributed by atoms with Gasteiger partial charge in [0.2, 0.25) is 0 Å². The number of rotatable bonds is 3. The first-order valence-electron chi connectivity index (χ1n) is 10.0. The highest BCUT2D eigenvalue weighted by molar-refractivity contribution is 5.81. The van der Waals surface area contributed by atoms with Crippen molar-refractivity contribution in [2.45, 2.75) is 25.7 Å². The fourth-order valence-corrected chi connectivity index (χ4v) is 4.59. The molecule has 0 aromatic heterocycles. The molecule has 0 aliphatic heterocycles. The van der Waals surface area contributed by atoms with E-state index < -0.39 is 0 Å². The molecule has 0 saturated carbocycles. The van der Waals surface area contributed by atoms with Crippen LogP contribution in [0.3, 0.4) is 0 Å². The monoisotopic (exact) mass is 360 g/mol. The van der Waals surface area contributed by atoms with Crippen LogP contribution in [0.4, 0.5) is 0 Å². The zero-order valence-electron chi connectivity index (χ0n) is 16.4. The molecular weight excluding hydrogens is 336 g/mol. The minimum absolute atomic E-state index is 0.0633. The summed E-state index contributed by atoms with van der Waals surface area (Å²) in [6.45, 7) is 4.69. The first-order valence-corrected chi connectivity index (χ1v) is 10.0. The first kappa shape index (κ1) is 17.0. The molecule has 28 heavy (non-hydrogen) atoms. The van der Waals surface area contributed by atoms with E-state index in [1.165, 1.54) is 44.5 Å². The number of hydrogen-bond donors (Lipinski definition) is 0. The van der Waals surface area contributed by atoms with Gasteiger partial charge in [0.15, 0.2) is 0 Å². The highest BCUT2D eigenvalue weighted by atomic mass is 14.4. The Balaban J connectivity index is 1.50. The van der Waals surface area contributed by atoms with Crippen LogP contribution in [0.1, 0.15) is 36.1 Å². The first-order chi connectivity index (χ1) is 13.6. The Hall–Kier alpha value is -3.12. The van der Waals surface area contributed by atoms with Crippen LogP contribution in [-0.4, -0.2) is 0 Å². The van der Waals surface area contributed by atoms with Gasteiger partial charge in [-0.05, 0) is 50.9 Å². The summed E-state index contributed by atoms with van der Waals surface area (Å²) in [4.78, 5) is 0. The van der Waals surface area contributed by atoms with Crippen molar-refractivity contribution in [1.29, 1.82) is 0 Å². The predicted molar refractivity (Wildman–Crippen MR) is 119 cm³/mol. The molecule has 0 unspecified atom stereocenters. The minimum Gasteiger partial charge on any atom is -0.0622 e. The maximum atomic E-state index is 2.42. The molecule has 1 aliphatic carbocycles. The van der Waals surface area contributed by atoms with Crippen LogP contribution in [0.25, 0.3) is 22.3 Å². The summed E-state index contributed by atoms with van der Waals surface area (Å²) in [5.74, 6) is 0. The molecule has 4 aromatic rings. The van der Waals surface area contributed by atoms with Gasteiger partial charge in [-0.2, -0.15) is 0 Å². The molecule has 0 heterocycles.